The first kappa shape index (κ1) is 14.0. The van der Waals surface area contributed by atoms with Crippen LogP contribution in [-0.4, -0.2) is 39.5 Å². The molecule has 0 aromatic heterocycles. The van der Waals surface area contributed by atoms with E-state index in [1.165, 1.54) is 5.69 Å². The standard InChI is InChI=1S/C14H23NO2/c1-13(2)15(9-10-17-12-11-16-3)14-7-5-4-6-8-14/h4-8,13H,9-12H2,1-3H3. The fourth-order valence-electron chi connectivity index (χ4n) is 1.71. The van der Waals surface area contributed by atoms with Crippen LogP contribution in [0, 0.1) is 0 Å². The van der Waals surface area contributed by atoms with Crippen molar-refractivity contribution in [3.63, 3.8) is 0 Å². The molecule has 3 nitrogen and oxygen atoms in total. The Bertz CT molecular complexity index is 288. The molecule has 0 fully saturated rings. The molecule has 0 saturated heterocycles. The zero-order valence-corrected chi connectivity index (χ0v) is 11.1. The Balaban J connectivity index is 2.40. The van der Waals surface area contributed by atoms with Gasteiger partial charge in [-0.25, -0.2) is 0 Å². The molecule has 0 unspecified atom stereocenters. The summed E-state index contributed by atoms with van der Waals surface area (Å²) in [7, 11) is 1.69. The number of hydrogen-bond acceptors (Lipinski definition) is 3. The molecule has 0 N–H and O–H groups in total. The second-order valence-electron chi connectivity index (χ2n) is 4.23. The lowest BCUT2D eigenvalue weighted by Gasteiger charge is -2.28. The molecule has 96 valence electrons. The van der Waals surface area contributed by atoms with Gasteiger partial charge in [0, 0.05) is 25.4 Å². The van der Waals surface area contributed by atoms with Crippen LogP contribution in [0.2, 0.25) is 0 Å². The van der Waals surface area contributed by atoms with E-state index in [4.69, 9.17) is 9.47 Å². The number of anilines is 1. The molecule has 0 aliphatic heterocycles. The third kappa shape index (κ3) is 5.20. The predicted molar refractivity (Wildman–Crippen MR) is 71.6 cm³/mol. The molecule has 0 heterocycles. The third-order valence-electron chi connectivity index (χ3n) is 2.62. The van der Waals surface area contributed by atoms with Crippen molar-refractivity contribution in [3.05, 3.63) is 30.3 Å². The van der Waals surface area contributed by atoms with E-state index in [0.29, 0.717) is 19.3 Å². The Kier molecular flexibility index (Phi) is 6.67. The molecule has 0 radical (unpaired) electrons. The molecular formula is C14H23NO2. The molecule has 0 amide bonds. The molecule has 17 heavy (non-hydrogen) atoms. The van der Waals surface area contributed by atoms with Gasteiger partial charge in [0.1, 0.15) is 0 Å². The van der Waals surface area contributed by atoms with Gasteiger partial charge in [-0.3, -0.25) is 0 Å². The Morgan fingerprint density at radius 1 is 1.06 bits per heavy atom. The number of benzene rings is 1. The van der Waals surface area contributed by atoms with E-state index >= 15 is 0 Å². The van der Waals surface area contributed by atoms with Crippen LogP contribution in [0.5, 0.6) is 0 Å². The highest BCUT2D eigenvalue weighted by molar-refractivity contribution is 5.46. The van der Waals surface area contributed by atoms with E-state index in [2.05, 4.69) is 43.0 Å². The molecule has 0 spiro atoms. The first-order valence-corrected chi connectivity index (χ1v) is 6.14. The monoisotopic (exact) mass is 237 g/mol. The van der Waals surface area contributed by atoms with Crippen molar-refractivity contribution < 1.29 is 9.47 Å². The molecule has 1 aromatic rings. The lowest BCUT2D eigenvalue weighted by molar-refractivity contribution is 0.0736. The van der Waals surface area contributed by atoms with Crippen molar-refractivity contribution in [2.24, 2.45) is 0 Å². The lowest BCUT2D eigenvalue weighted by Crippen LogP contribution is -2.34. The van der Waals surface area contributed by atoms with Crippen molar-refractivity contribution in [2.75, 3.05) is 38.4 Å². The van der Waals surface area contributed by atoms with Gasteiger partial charge >= 0.3 is 0 Å². The summed E-state index contributed by atoms with van der Waals surface area (Å²) in [4.78, 5) is 2.34. The van der Waals surface area contributed by atoms with E-state index in [1.54, 1.807) is 7.11 Å². The quantitative estimate of drug-likeness (QED) is 0.649. The van der Waals surface area contributed by atoms with Crippen LogP contribution in [0.15, 0.2) is 30.3 Å². The number of rotatable bonds is 8. The van der Waals surface area contributed by atoms with Gasteiger partial charge in [0.15, 0.2) is 0 Å². The maximum Gasteiger partial charge on any atom is 0.0701 e. The van der Waals surface area contributed by atoms with E-state index in [0.717, 1.165) is 13.2 Å². The average molecular weight is 237 g/mol. The molecule has 0 aliphatic carbocycles. The van der Waals surface area contributed by atoms with Crippen LogP contribution in [-0.2, 0) is 9.47 Å². The Labute approximate surface area is 104 Å². The van der Waals surface area contributed by atoms with Crippen LogP contribution >= 0.6 is 0 Å². The fraction of sp³-hybridized carbons (Fsp3) is 0.571. The zero-order chi connectivity index (χ0) is 12.5. The Morgan fingerprint density at radius 2 is 1.76 bits per heavy atom. The molecule has 1 aromatic carbocycles. The molecule has 0 aliphatic rings. The van der Waals surface area contributed by atoms with Crippen molar-refractivity contribution in [1.29, 1.82) is 0 Å². The van der Waals surface area contributed by atoms with Crippen LogP contribution in [0.4, 0.5) is 5.69 Å². The Morgan fingerprint density at radius 3 is 2.35 bits per heavy atom. The normalized spacial score (nSPS) is 10.8. The number of para-hydroxylation sites is 1. The average Bonchev–Trinajstić information content (AvgIpc) is 2.34. The Hall–Kier alpha value is -1.06. The van der Waals surface area contributed by atoms with Gasteiger partial charge in [-0.1, -0.05) is 18.2 Å². The fourth-order valence-corrected chi connectivity index (χ4v) is 1.71. The van der Waals surface area contributed by atoms with Gasteiger partial charge in [0.25, 0.3) is 0 Å². The maximum absolute atomic E-state index is 5.51. The van der Waals surface area contributed by atoms with Gasteiger partial charge in [0.05, 0.1) is 19.8 Å². The summed E-state index contributed by atoms with van der Waals surface area (Å²) in [5, 5.41) is 0. The van der Waals surface area contributed by atoms with Crippen LogP contribution in [0.25, 0.3) is 0 Å². The molecule has 0 bridgehead atoms. The summed E-state index contributed by atoms with van der Waals surface area (Å²) < 4.78 is 10.5. The minimum Gasteiger partial charge on any atom is -0.382 e. The van der Waals surface area contributed by atoms with E-state index in [1.807, 2.05) is 6.07 Å². The van der Waals surface area contributed by atoms with Gasteiger partial charge in [-0.05, 0) is 26.0 Å². The summed E-state index contributed by atoms with van der Waals surface area (Å²) in [6.07, 6.45) is 0. The lowest BCUT2D eigenvalue weighted by atomic mass is 10.2. The summed E-state index contributed by atoms with van der Waals surface area (Å²) in [6, 6.07) is 10.9. The van der Waals surface area contributed by atoms with Crippen molar-refractivity contribution in [2.45, 2.75) is 19.9 Å². The molecule has 0 saturated carbocycles. The highest BCUT2D eigenvalue weighted by atomic mass is 16.5. The third-order valence-corrected chi connectivity index (χ3v) is 2.62. The zero-order valence-electron chi connectivity index (χ0n) is 11.1. The van der Waals surface area contributed by atoms with Gasteiger partial charge < -0.3 is 14.4 Å². The number of methoxy groups -OCH3 is 1. The van der Waals surface area contributed by atoms with Crippen molar-refractivity contribution in [1.82, 2.24) is 0 Å². The first-order valence-electron chi connectivity index (χ1n) is 6.14. The van der Waals surface area contributed by atoms with Crippen LogP contribution in [0.3, 0.4) is 0 Å². The predicted octanol–water partition coefficient (Wildman–Crippen LogP) is 2.56. The largest absolute Gasteiger partial charge is 0.382 e. The highest BCUT2D eigenvalue weighted by Gasteiger charge is 2.09. The van der Waals surface area contributed by atoms with Crippen molar-refractivity contribution >= 4 is 5.69 Å². The number of hydrogen-bond donors (Lipinski definition) is 0. The number of ether oxygens (including phenoxy) is 2. The minimum absolute atomic E-state index is 0.475. The van der Waals surface area contributed by atoms with E-state index < -0.39 is 0 Å². The highest BCUT2D eigenvalue weighted by Crippen LogP contribution is 2.15. The summed E-state index contributed by atoms with van der Waals surface area (Å²) in [5.74, 6) is 0. The second-order valence-corrected chi connectivity index (χ2v) is 4.23. The molecule has 0 atom stereocenters. The molecule has 3 heteroatoms. The van der Waals surface area contributed by atoms with Crippen molar-refractivity contribution in [3.8, 4) is 0 Å². The summed E-state index contributed by atoms with van der Waals surface area (Å²) >= 11 is 0. The smallest absolute Gasteiger partial charge is 0.0701 e. The molecule has 1 rings (SSSR count). The van der Waals surface area contributed by atoms with Gasteiger partial charge in [0.2, 0.25) is 0 Å². The van der Waals surface area contributed by atoms with E-state index in [-0.39, 0.29) is 0 Å². The summed E-state index contributed by atoms with van der Waals surface area (Å²) in [5.41, 5.74) is 1.25. The summed E-state index contributed by atoms with van der Waals surface area (Å²) in [6.45, 7) is 7.36. The molecular weight excluding hydrogens is 214 g/mol. The second kappa shape index (κ2) is 8.09. The van der Waals surface area contributed by atoms with Gasteiger partial charge in [-0.15, -0.1) is 0 Å². The topological polar surface area (TPSA) is 21.7 Å². The maximum atomic E-state index is 5.51. The first-order chi connectivity index (χ1) is 8.25. The SMILES string of the molecule is COCCOCCN(c1ccccc1)C(C)C. The van der Waals surface area contributed by atoms with E-state index in [9.17, 15) is 0 Å². The van der Waals surface area contributed by atoms with Crippen LogP contribution in [0.1, 0.15) is 13.8 Å². The minimum atomic E-state index is 0.475. The van der Waals surface area contributed by atoms with Crippen LogP contribution < -0.4 is 4.90 Å². The number of nitrogens with zero attached hydrogens (tertiary/aromatic N) is 1. The van der Waals surface area contributed by atoms with Gasteiger partial charge in [-0.2, -0.15) is 0 Å².